The first kappa shape index (κ1) is 28.1. The third-order valence-corrected chi connectivity index (χ3v) is 5.99. The van der Waals surface area contributed by atoms with E-state index >= 15 is 0 Å². The summed E-state index contributed by atoms with van der Waals surface area (Å²) in [6, 6.07) is 2.51. The van der Waals surface area contributed by atoms with Gasteiger partial charge in [-0.15, -0.1) is 0 Å². The van der Waals surface area contributed by atoms with E-state index in [2.05, 4.69) is 6.92 Å². The average Bonchev–Trinajstić information content (AvgIpc) is 2.76. The van der Waals surface area contributed by atoms with E-state index in [1.54, 1.807) is 0 Å². The molecule has 0 saturated heterocycles. The van der Waals surface area contributed by atoms with Crippen LogP contribution < -0.4 is 0 Å². The second-order valence-corrected chi connectivity index (χ2v) is 9.04. The maximum Gasteiger partial charge on any atom is 0.310 e. The van der Waals surface area contributed by atoms with E-state index < -0.39 is 23.2 Å². The van der Waals surface area contributed by atoms with Gasteiger partial charge in [0.05, 0.1) is 13.0 Å². The van der Waals surface area contributed by atoms with E-state index in [0.29, 0.717) is 12.2 Å². The predicted octanol–water partition coefficient (Wildman–Crippen LogP) is 7.54. The zero-order valence-corrected chi connectivity index (χ0v) is 20.2. The Morgan fingerprint density at radius 1 is 0.656 bits per heavy atom. The first-order chi connectivity index (χ1) is 15.5. The number of carbonyl (C=O) groups is 1. The lowest BCUT2D eigenvalue weighted by molar-refractivity contribution is -0.142. The molecule has 0 aliphatic rings. The summed E-state index contributed by atoms with van der Waals surface area (Å²) in [6.45, 7) is 2.67. The molecule has 0 spiro atoms. The van der Waals surface area contributed by atoms with Crippen LogP contribution in [0.15, 0.2) is 12.1 Å². The summed E-state index contributed by atoms with van der Waals surface area (Å²) in [5, 5.41) is 28.3. The van der Waals surface area contributed by atoms with E-state index in [0.717, 1.165) is 12.8 Å². The molecule has 0 amide bonds. The van der Waals surface area contributed by atoms with Crippen LogP contribution in [0.1, 0.15) is 122 Å². The smallest absolute Gasteiger partial charge is 0.310 e. The minimum absolute atomic E-state index is 0.0413. The molecule has 0 heterocycles. The number of hydrogen-bond donors (Lipinski definition) is 3. The average molecular weight is 451 g/mol. The number of hydrogen-bond acceptors (Lipinski definition) is 5. The third kappa shape index (κ3) is 14.2. The summed E-state index contributed by atoms with van der Waals surface area (Å²) < 4.78 is 5.22. The number of rotatable bonds is 20. The first-order valence-electron chi connectivity index (χ1n) is 12.9. The summed E-state index contributed by atoms with van der Waals surface area (Å²) in [4.78, 5) is 11.8. The minimum Gasteiger partial charge on any atom is -0.504 e. The summed E-state index contributed by atoms with van der Waals surface area (Å²) in [5.74, 6) is -1.86. The number of phenolic OH excluding ortho intramolecular Hbond substituents is 3. The summed E-state index contributed by atoms with van der Waals surface area (Å²) in [5.41, 5.74) is 0.408. The fourth-order valence-electron chi connectivity index (χ4n) is 3.99. The molecule has 0 aliphatic heterocycles. The number of esters is 1. The van der Waals surface area contributed by atoms with Crippen LogP contribution in [0.4, 0.5) is 0 Å². The lowest BCUT2D eigenvalue weighted by atomic mass is 10.0. The van der Waals surface area contributed by atoms with Gasteiger partial charge < -0.3 is 20.1 Å². The van der Waals surface area contributed by atoms with Gasteiger partial charge in [0.15, 0.2) is 17.2 Å². The molecule has 184 valence electrons. The standard InChI is InChI=1S/C27H46O5/c1-2-3-4-5-6-7-8-9-10-11-12-13-14-15-16-17-18-19-32-26(30)22-23-20-24(28)27(31)25(29)21-23/h20-21,28-29,31H,2-19,22H2,1H3. The van der Waals surface area contributed by atoms with Gasteiger partial charge in [0.2, 0.25) is 0 Å². The maximum atomic E-state index is 11.8. The van der Waals surface area contributed by atoms with Crippen LogP contribution in [-0.4, -0.2) is 27.9 Å². The molecule has 0 bridgehead atoms. The van der Waals surface area contributed by atoms with Crippen LogP contribution in [0.25, 0.3) is 0 Å². The van der Waals surface area contributed by atoms with E-state index in [9.17, 15) is 20.1 Å². The Morgan fingerprint density at radius 3 is 1.44 bits per heavy atom. The van der Waals surface area contributed by atoms with Crippen molar-refractivity contribution in [3.63, 3.8) is 0 Å². The van der Waals surface area contributed by atoms with Crippen molar-refractivity contribution in [2.75, 3.05) is 6.61 Å². The zero-order chi connectivity index (χ0) is 23.4. The number of carbonyl (C=O) groups excluding carboxylic acids is 1. The van der Waals surface area contributed by atoms with Gasteiger partial charge in [-0.2, -0.15) is 0 Å². The molecule has 0 aromatic heterocycles. The van der Waals surface area contributed by atoms with Crippen LogP contribution in [0.5, 0.6) is 17.2 Å². The highest BCUT2D eigenvalue weighted by Crippen LogP contribution is 2.35. The molecule has 0 atom stereocenters. The SMILES string of the molecule is CCCCCCCCCCCCCCCCCCCOC(=O)Cc1cc(O)c(O)c(O)c1. The normalized spacial score (nSPS) is 11.0. The van der Waals surface area contributed by atoms with Crippen molar-refractivity contribution >= 4 is 5.97 Å². The molecular formula is C27H46O5. The molecule has 32 heavy (non-hydrogen) atoms. The molecule has 1 aromatic carbocycles. The number of benzene rings is 1. The summed E-state index contributed by atoms with van der Waals surface area (Å²) >= 11 is 0. The van der Waals surface area contributed by atoms with Gasteiger partial charge in [0, 0.05) is 0 Å². The third-order valence-electron chi connectivity index (χ3n) is 5.99. The number of aromatic hydroxyl groups is 3. The molecule has 3 N–H and O–H groups in total. The van der Waals surface area contributed by atoms with Crippen LogP contribution in [0, 0.1) is 0 Å². The van der Waals surface area contributed by atoms with Crippen molar-refractivity contribution in [3.8, 4) is 17.2 Å². The summed E-state index contributed by atoms with van der Waals surface area (Å²) in [7, 11) is 0. The van der Waals surface area contributed by atoms with Crippen LogP contribution in [0.3, 0.4) is 0 Å². The fourth-order valence-corrected chi connectivity index (χ4v) is 3.99. The molecule has 1 aromatic rings. The quantitative estimate of drug-likeness (QED) is 0.108. The highest BCUT2D eigenvalue weighted by atomic mass is 16.5. The van der Waals surface area contributed by atoms with Crippen molar-refractivity contribution in [1.29, 1.82) is 0 Å². The lowest BCUT2D eigenvalue weighted by Crippen LogP contribution is -2.09. The Morgan fingerprint density at radius 2 is 1.03 bits per heavy atom. The lowest BCUT2D eigenvalue weighted by Gasteiger charge is -2.07. The molecule has 1 rings (SSSR count). The van der Waals surface area contributed by atoms with Crippen molar-refractivity contribution in [2.45, 2.75) is 122 Å². The molecule has 5 heteroatoms. The van der Waals surface area contributed by atoms with Gasteiger partial charge >= 0.3 is 5.97 Å². The topological polar surface area (TPSA) is 87.0 Å². The van der Waals surface area contributed by atoms with Gasteiger partial charge in [-0.3, -0.25) is 4.79 Å². The molecular weight excluding hydrogens is 404 g/mol. The van der Waals surface area contributed by atoms with Crippen LogP contribution in [0.2, 0.25) is 0 Å². The van der Waals surface area contributed by atoms with E-state index in [1.165, 1.54) is 108 Å². The Balaban J connectivity index is 1.85. The largest absolute Gasteiger partial charge is 0.504 e. The monoisotopic (exact) mass is 450 g/mol. The molecule has 0 unspecified atom stereocenters. The van der Waals surface area contributed by atoms with Crippen molar-refractivity contribution < 1.29 is 24.9 Å². The Bertz CT molecular complexity index is 591. The van der Waals surface area contributed by atoms with E-state index in [1.807, 2.05) is 0 Å². The highest BCUT2D eigenvalue weighted by molar-refractivity contribution is 5.73. The van der Waals surface area contributed by atoms with Gasteiger partial charge in [-0.05, 0) is 24.1 Å². The maximum absolute atomic E-state index is 11.8. The van der Waals surface area contributed by atoms with Crippen molar-refractivity contribution in [3.05, 3.63) is 17.7 Å². The highest BCUT2D eigenvalue weighted by Gasteiger charge is 2.11. The number of unbranched alkanes of at least 4 members (excludes halogenated alkanes) is 16. The van der Waals surface area contributed by atoms with Gasteiger partial charge in [-0.25, -0.2) is 0 Å². The second-order valence-electron chi connectivity index (χ2n) is 9.04. The molecule has 0 aliphatic carbocycles. The second kappa shape index (κ2) is 18.6. The van der Waals surface area contributed by atoms with Crippen LogP contribution in [-0.2, 0) is 16.0 Å². The van der Waals surface area contributed by atoms with Gasteiger partial charge in [0.25, 0.3) is 0 Å². The first-order valence-corrected chi connectivity index (χ1v) is 12.9. The molecule has 5 nitrogen and oxygen atoms in total. The van der Waals surface area contributed by atoms with Crippen molar-refractivity contribution in [2.24, 2.45) is 0 Å². The zero-order valence-electron chi connectivity index (χ0n) is 20.2. The van der Waals surface area contributed by atoms with Crippen molar-refractivity contribution in [1.82, 2.24) is 0 Å². The van der Waals surface area contributed by atoms with Gasteiger partial charge in [-0.1, -0.05) is 110 Å². The van der Waals surface area contributed by atoms with Crippen LogP contribution >= 0.6 is 0 Å². The molecule has 0 fully saturated rings. The number of phenols is 3. The summed E-state index contributed by atoms with van der Waals surface area (Å²) in [6.07, 6.45) is 22.3. The molecule has 0 radical (unpaired) electrons. The fraction of sp³-hybridized carbons (Fsp3) is 0.741. The van der Waals surface area contributed by atoms with E-state index in [-0.39, 0.29) is 6.42 Å². The Labute approximate surface area is 195 Å². The Kier molecular flexibility index (Phi) is 16.4. The predicted molar refractivity (Wildman–Crippen MR) is 130 cm³/mol. The molecule has 0 saturated carbocycles. The number of ether oxygens (including phenoxy) is 1. The Hall–Kier alpha value is -1.91. The van der Waals surface area contributed by atoms with Gasteiger partial charge in [0.1, 0.15) is 0 Å². The minimum atomic E-state index is -0.578. The van der Waals surface area contributed by atoms with E-state index in [4.69, 9.17) is 4.74 Å².